The number of rotatable bonds is 6. The molecule has 2 aromatic heterocycles. The molecule has 1 aliphatic rings. The first-order chi connectivity index (χ1) is 14.1. The van der Waals surface area contributed by atoms with Gasteiger partial charge < -0.3 is 19.0 Å². The molecular weight excluding hydrogens is 370 g/mol. The first-order valence-electron chi connectivity index (χ1n) is 9.41. The monoisotopic (exact) mass is 391 g/mol. The van der Waals surface area contributed by atoms with Crippen molar-refractivity contribution in [3.63, 3.8) is 0 Å². The maximum Gasteiger partial charge on any atom is 0.295 e. The number of Topliss-reactive ketones (excluding diaryl/α,β-unsaturated/α-hetero) is 1. The van der Waals surface area contributed by atoms with Crippen molar-refractivity contribution >= 4 is 17.4 Å². The number of aliphatic hydroxyl groups excluding tert-OH is 1. The zero-order chi connectivity index (χ0) is 20.4. The number of carbonyl (C=O) groups excluding carboxylic acids is 2. The fraction of sp³-hybridized carbons (Fsp3) is 0.227. The third-order valence-corrected chi connectivity index (χ3v) is 5.05. The average molecular weight is 391 g/mol. The third kappa shape index (κ3) is 3.59. The third-order valence-electron chi connectivity index (χ3n) is 5.05. The highest BCUT2D eigenvalue weighted by Crippen LogP contribution is 2.39. The number of ketones is 1. The second kappa shape index (κ2) is 7.79. The fourth-order valence-corrected chi connectivity index (χ4v) is 3.56. The van der Waals surface area contributed by atoms with E-state index in [0.717, 1.165) is 5.56 Å². The smallest absolute Gasteiger partial charge is 0.295 e. The minimum atomic E-state index is -0.755. The van der Waals surface area contributed by atoms with E-state index in [1.807, 2.05) is 29.8 Å². The Morgan fingerprint density at radius 1 is 1.17 bits per heavy atom. The summed E-state index contributed by atoms with van der Waals surface area (Å²) in [6.45, 7) is 2.94. The van der Waals surface area contributed by atoms with E-state index in [4.69, 9.17) is 4.42 Å². The lowest BCUT2D eigenvalue weighted by Gasteiger charge is -2.23. The van der Waals surface area contributed by atoms with Gasteiger partial charge in [0.1, 0.15) is 17.6 Å². The van der Waals surface area contributed by atoms with Crippen molar-refractivity contribution in [2.24, 2.45) is 0 Å². The molecule has 3 aromatic rings. The summed E-state index contributed by atoms with van der Waals surface area (Å²) in [6, 6.07) is 9.81. The molecule has 7 nitrogen and oxygen atoms in total. The SMILES string of the molecule is Cc1ccc(/C(O)=C2\C(=O)C(=O)N(CCCn3ccnc3)C2c2ccco2)cc1. The summed E-state index contributed by atoms with van der Waals surface area (Å²) >= 11 is 0. The number of aryl methyl sites for hydroxylation is 2. The number of furan rings is 1. The molecule has 0 bridgehead atoms. The van der Waals surface area contributed by atoms with Gasteiger partial charge in [0.2, 0.25) is 0 Å². The van der Waals surface area contributed by atoms with Gasteiger partial charge in [-0.3, -0.25) is 9.59 Å². The number of hydrogen-bond donors (Lipinski definition) is 1. The van der Waals surface area contributed by atoms with E-state index in [9.17, 15) is 14.7 Å². The number of aliphatic hydroxyl groups is 1. The molecule has 148 valence electrons. The van der Waals surface area contributed by atoms with Crippen LogP contribution in [-0.4, -0.2) is 37.8 Å². The van der Waals surface area contributed by atoms with E-state index in [2.05, 4.69) is 4.98 Å². The van der Waals surface area contributed by atoms with Gasteiger partial charge in [0, 0.05) is 31.0 Å². The zero-order valence-corrected chi connectivity index (χ0v) is 16.0. The van der Waals surface area contributed by atoms with Crippen LogP contribution < -0.4 is 0 Å². The van der Waals surface area contributed by atoms with Gasteiger partial charge in [0.15, 0.2) is 0 Å². The number of nitrogens with zero attached hydrogens (tertiary/aromatic N) is 3. The summed E-state index contributed by atoms with van der Waals surface area (Å²) in [5.41, 5.74) is 1.57. The predicted octanol–water partition coefficient (Wildman–Crippen LogP) is 3.30. The standard InChI is InChI=1S/C22H21N3O4/c1-15-5-7-16(8-6-15)20(26)18-19(17-4-2-13-29-17)25(22(28)21(18)27)11-3-10-24-12-9-23-14-24/h2,4-9,12-14,19,26H,3,10-11H2,1H3/b20-18+. The second-order valence-electron chi connectivity index (χ2n) is 7.03. The number of benzene rings is 1. The number of hydrogen-bond acceptors (Lipinski definition) is 5. The van der Waals surface area contributed by atoms with Gasteiger partial charge >= 0.3 is 0 Å². The number of imidazole rings is 1. The van der Waals surface area contributed by atoms with Gasteiger partial charge in [-0.25, -0.2) is 4.98 Å². The van der Waals surface area contributed by atoms with Crippen LogP contribution in [0.15, 0.2) is 71.4 Å². The van der Waals surface area contributed by atoms with Crippen LogP contribution in [0.5, 0.6) is 0 Å². The Labute approximate surface area is 167 Å². The second-order valence-corrected chi connectivity index (χ2v) is 7.03. The first-order valence-corrected chi connectivity index (χ1v) is 9.41. The highest BCUT2D eigenvalue weighted by molar-refractivity contribution is 6.46. The maximum absolute atomic E-state index is 12.8. The number of amides is 1. The molecule has 0 aliphatic carbocycles. The Morgan fingerprint density at radius 3 is 2.62 bits per heavy atom. The van der Waals surface area contributed by atoms with Crippen LogP contribution in [-0.2, 0) is 16.1 Å². The predicted molar refractivity (Wildman–Crippen MR) is 106 cm³/mol. The molecule has 0 radical (unpaired) electrons. The summed E-state index contributed by atoms with van der Waals surface area (Å²) in [7, 11) is 0. The molecule has 3 heterocycles. The van der Waals surface area contributed by atoms with Crippen molar-refractivity contribution < 1.29 is 19.1 Å². The molecule has 4 rings (SSSR count). The average Bonchev–Trinajstić information content (AvgIpc) is 3.46. The summed E-state index contributed by atoms with van der Waals surface area (Å²) in [5, 5.41) is 10.9. The van der Waals surface area contributed by atoms with Crippen molar-refractivity contribution in [1.29, 1.82) is 0 Å². The van der Waals surface area contributed by atoms with Gasteiger partial charge in [-0.1, -0.05) is 29.8 Å². The molecule has 0 spiro atoms. The number of carbonyl (C=O) groups is 2. The number of likely N-dealkylation sites (tertiary alicyclic amines) is 1. The van der Waals surface area contributed by atoms with E-state index >= 15 is 0 Å². The van der Waals surface area contributed by atoms with E-state index in [1.165, 1.54) is 11.2 Å². The summed E-state index contributed by atoms with van der Waals surface area (Å²) in [4.78, 5) is 31.1. The van der Waals surface area contributed by atoms with Gasteiger partial charge in [0.05, 0.1) is 18.2 Å². The first kappa shape index (κ1) is 18.7. The Bertz CT molecular complexity index is 1030. The Hall–Kier alpha value is -3.61. The van der Waals surface area contributed by atoms with Gasteiger partial charge in [-0.05, 0) is 25.5 Å². The molecule has 0 saturated carbocycles. The van der Waals surface area contributed by atoms with Crippen LogP contribution in [0.3, 0.4) is 0 Å². The molecule has 1 atom stereocenters. The van der Waals surface area contributed by atoms with Crippen molar-refractivity contribution in [2.45, 2.75) is 25.9 Å². The Morgan fingerprint density at radius 2 is 1.97 bits per heavy atom. The van der Waals surface area contributed by atoms with E-state index < -0.39 is 17.7 Å². The normalized spacial score (nSPS) is 18.5. The van der Waals surface area contributed by atoms with Crippen molar-refractivity contribution in [1.82, 2.24) is 14.5 Å². The van der Waals surface area contributed by atoms with Crippen molar-refractivity contribution in [3.05, 3.63) is 83.8 Å². The molecule has 1 fully saturated rings. The minimum absolute atomic E-state index is 0.0523. The largest absolute Gasteiger partial charge is 0.507 e. The van der Waals surface area contributed by atoms with Gasteiger partial charge in [-0.2, -0.15) is 0 Å². The lowest BCUT2D eigenvalue weighted by atomic mass is 9.99. The maximum atomic E-state index is 12.8. The van der Waals surface area contributed by atoms with E-state index in [1.54, 1.807) is 36.8 Å². The van der Waals surface area contributed by atoms with Crippen LogP contribution in [0, 0.1) is 6.92 Å². The quantitative estimate of drug-likeness (QED) is 0.396. The van der Waals surface area contributed by atoms with Crippen molar-refractivity contribution in [3.8, 4) is 0 Å². The lowest BCUT2D eigenvalue weighted by Crippen LogP contribution is -2.31. The van der Waals surface area contributed by atoms with Gasteiger partial charge in [0.25, 0.3) is 11.7 Å². The molecule has 1 saturated heterocycles. The fourth-order valence-electron chi connectivity index (χ4n) is 3.56. The van der Waals surface area contributed by atoms with Gasteiger partial charge in [-0.15, -0.1) is 0 Å². The van der Waals surface area contributed by atoms with Crippen LogP contribution in [0.4, 0.5) is 0 Å². The molecule has 1 N–H and O–H groups in total. The molecule has 1 aromatic carbocycles. The van der Waals surface area contributed by atoms with E-state index in [-0.39, 0.29) is 11.3 Å². The van der Waals surface area contributed by atoms with E-state index in [0.29, 0.717) is 30.8 Å². The topological polar surface area (TPSA) is 88.6 Å². The van der Waals surface area contributed by atoms with Crippen LogP contribution in [0.1, 0.15) is 29.3 Å². The molecule has 29 heavy (non-hydrogen) atoms. The molecular formula is C22H21N3O4. The zero-order valence-electron chi connectivity index (χ0n) is 16.0. The van der Waals surface area contributed by atoms with Crippen molar-refractivity contribution in [2.75, 3.05) is 6.54 Å². The summed E-state index contributed by atoms with van der Waals surface area (Å²) < 4.78 is 7.43. The summed E-state index contributed by atoms with van der Waals surface area (Å²) in [6.07, 6.45) is 7.36. The highest BCUT2D eigenvalue weighted by Gasteiger charge is 2.47. The summed E-state index contributed by atoms with van der Waals surface area (Å²) in [5.74, 6) is -1.08. The Kier molecular flexibility index (Phi) is 5.03. The molecule has 7 heteroatoms. The van der Waals surface area contributed by atoms with Crippen LogP contribution in [0.25, 0.3) is 5.76 Å². The van der Waals surface area contributed by atoms with Crippen LogP contribution in [0.2, 0.25) is 0 Å². The number of aromatic nitrogens is 2. The highest BCUT2D eigenvalue weighted by atomic mass is 16.3. The molecule has 1 unspecified atom stereocenters. The molecule has 1 aliphatic heterocycles. The minimum Gasteiger partial charge on any atom is -0.507 e. The Balaban J connectivity index is 1.68. The molecule has 1 amide bonds. The van der Waals surface area contributed by atoms with Crippen LogP contribution >= 0.6 is 0 Å². The lowest BCUT2D eigenvalue weighted by molar-refractivity contribution is -0.140.